The Balaban J connectivity index is 1.93. The number of aromatic nitrogens is 4. The van der Waals surface area contributed by atoms with Gasteiger partial charge in [0, 0.05) is 0 Å². The summed E-state index contributed by atoms with van der Waals surface area (Å²) in [6.07, 6.45) is 1.38. The van der Waals surface area contributed by atoms with Crippen molar-refractivity contribution in [3.63, 3.8) is 0 Å². The molecule has 4 rings (SSSR count). The van der Waals surface area contributed by atoms with E-state index in [9.17, 15) is 9.59 Å². The van der Waals surface area contributed by atoms with Crippen LogP contribution in [-0.2, 0) is 9.53 Å². The van der Waals surface area contributed by atoms with Crippen molar-refractivity contribution in [3.8, 4) is 5.75 Å². The summed E-state index contributed by atoms with van der Waals surface area (Å²) in [5, 5.41) is 14.3. The Labute approximate surface area is 158 Å². The van der Waals surface area contributed by atoms with Gasteiger partial charge >= 0.3 is 5.97 Å². The molecule has 0 amide bonds. The Hall–Kier alpha value is -3.95. The van der Waals surface area contributed by atoms with Gasteiger partial charge in [0.15, 0.2) is 5.76 Å². The van der Waals surface area contributed by atoms with Crippen LogP contribution in [-0.4, -0.2) is 46.2 Å². The standard InChI is InChI=1S/C18H15N5O5/c1-26-11-7-5-10(6-8-11)15-13(16(24)12-4-3-9-28-12)14(17(25)27-2)19-18-20-21-22-23(15)18/h3-9,15H,1-2H3,(H,19,20,22)/t15-/m1/s1. The van der Waals surface area contributed by atoms with Crippen LogP contribution >= 0.6 is 0 Å². The van der Waals surface area contributed by atoms with E-state index in [-0.39, 0.29) is 23.0 Å². The molecule has 0 saturated heterocycles. The number of carbonyl (C=O) groups excluding carboxylic acids is 2. The molecular formula is C18H15N5O5. The molecule has 0 saturated carbocycles. The quantitative estimate of drug-likeness (QED) is 0.519. The average molecular weight is 381 g/mol. The van der Waals surface area contributed by atoms with Crippen molar-refractivity contribution in [2.45, 2.75) is 6.04 Å². The first-order valence-electron chi connectivity index (χ1n) is 8.23. The second-order valence-corrected chi connectivity index (χ2v) is 5.83. The molecule has 0 fully saturated rings. The number of nitrogens with zero attached hydrogens (tertiary/aromatic N) is 4. The smallest absolute Gasteiger partial charge is 0.355 e. The van der Waals surface area contributed by atoms with Crippen LogP contribution in [0.5, 0.6) is 5.75 Å². The molecule has 1 atom stereocenters. The summed E-state index contributed by atoms with van der Waals surface area (Å²) in [6.45, 7) is 0. The van der Waals surface area contributed by atoms with Gasteiger partial charge in [0.1, 0.15) is 17.5 Å². The van der Waals surface area contributed by atoms with E-state index in [1.54, 1.807) is 37.4 Å². The summed E-state index contributed by atoms with van der Waals surface area (Å²) in [7, 11) is 2.78. The van der Waals surface area contributed by atoms with Gasteiger partial charge in [-0.25, -0.2) is 4.79 Å². The molecule has 1 aromatic carbocycles. The number of esters is 1. The van der Waals surface area contributed by atoms with E-state index in [4.69, 9.17) is 13.9 Å². The molecule has 10 nitrogen and oxygen atoms in total. The third-order valence-corrected chi connectivity index (χ3v) is 4.33. The van der Waals surface area contributed by atoms with Gasteiger partial charge in [-0.3, -0.25) is 4.79 Å². The van der Waals surface area contributed by atoms with Crippen LogP contribution in [0.15, 0.2) is 58.3 Å². The van der Waals surface area contributed by atoms with Crippen molar-refractivity contribution < 1.29 is 23.5 Å². The predicted octanol–water partition coefficient (Wildman–Crippen LogP) is 1.60. The van der Waals surface area contributed by atoms with E-state index in [1.165, 1.54) is 24.1 Å². The number of tetrazole rings is 1. The highest BCUT2D eigenvalue weighted by Crippen LogP contribution is 2.37. The number of anilines is 1. The fourth-order valence-electron chi connectivity index (χ4n) is 3.02. The summed E-state index contributed by atoms with van der Waals surface area (Å²) in [5.74, 6) is -0.279. The fraction of sp³-hybridized carbons (Fsp3) is 0.167. The molecule has 3 heterocycles. The molecule has 10 heteroatoms. The first-order valence-corrected chi connectivity index (χ1v) is 8.23. The Morgan fingerprint density at radius 3 is 2.61 bits per heavy atom. The van der Waals surface area contributed by atoms with E-state index in [0.29, 0.717) is 11.3 Å². The Morgan fingerprint density at radius 2 is 1.96 bits per heavy atom. The molecule has 28 heavy (non-hydrogen) atoms. The van der Waals surface area contributed by atoms with E-state index in [1.807, 2.05) is 0 Å². The molecule has 3 aromatic rings. The highest BCUT2D eigenvalue weighted by Gasteiger charge is 2.39. The first-order chi connectivity index (χ1) is 13.6. The lowest BCUT2D eigenvalue weighted by molar-refractivity contribution is -0.136. The van der Waals surface area contributed by atoms with Crippen LogP contribution in [0.4, 0.5) is 5.95 Å². The number of carbonyl (C=O) groups is 2. The van der Waals surface area contributed by atoms with Crippen molar-refractivity contribution in [3.05, 3.63) is 65.3 Å². The summed E-state index contributed by atoms with van der Waals surface area (Å²) >= 11 is 0. The van der Waals surface area contributed by atoms with Crippen LogP contribution in [0.25, 0.3) is 0 Å². The van der Waals surface area contributed by atoms with Crippen molar-refractivity contribution in [2.24, 2.45) is 0 Å². The van der Waals surface area contributed by atoms with Gasteiger partial charge in [0.25, 0.3) is 0 Å². The number of allylic oxidation sites excluding steroid dienone is 1. The van der Waals surface area contributed by atoms with Crippen molar-refractivity contribution in [1.82, 2.24) is 20.2 Å². The van der Waals surface area contributed by atoms with E-state index < -0.39 is 17.8 Å². The molecular weight excluding hydrogens is 366 g/mol. The largest absolute Gasteiger partial charge is 0.497 e. The topological polar surface area (TPSA) is 121 Å². The number of benzene rings is 1. The highest BCUT2D eigenvalue weighted by atomic mass is 16.5. The van der Waals surface area contributed by atoms with Gasteiger partial charge in [0.05, 0.1) is 26.1 Å². The lowest BCUT2D eigenvalue weighted by Crippen LogP contribution is -2.32. The molecule has 1 aliphatic rings. The lowest BCUT2D eigenvalue weighted by Gasteiger charge is -2.27. The summed E-state index contributed by atoms with van der Waals surface area (Å²) in [6, 6.07) is 9.36. The van der Waals surface area contributed by atoms with Crippen LogP contribution in [0.1, 0.15) is 22.2 Å². The van der Waals surface area contributed by atoms with Crippen molar-refractivity contribution in [2.75, 3.05) is 19.5 Å². The van der Waals surface area contributed by atoms with Crippen LogP contribution in [0.3, 0.4) is 0 Å². The van der Waals surface area contributed by atoms with Gasteiger partial charge in [-0.1, -0.05) is 17.2 Å². The van der Waals surface area contributed by atoms with Crippen molar-refractivity contribution in [1.29, 1.82) is 0 Å². The zero-order chi connectivity index (χ0) is 19.7. The second-order valence-electron chi connectivity index (χ2n) is 5.83. The Morgan fingerprint density at radius 1 is 1.18 bits per heavy atom. The summed E-state index contributed by atoms with van der Waals surface area (Å²) in [4.78, 5) is 25.7. The van der Waals surface area contributed by atoms with Crippen molar-refractivity contribution >= 4 is 17.7 Å². The number of methoxy groups -OCH3 is 2. The third-order valence-electron chi connectivity index (χ3n) is 4.33. The fourth-order valence-corrected chi connectivity index (χ4v) is 3.02. The molecule has 2 aromatic heterocycles. The van der Waals surface area contributed by atoms with Gasteiger partial charge in [-0.2, -0.15) is 4.68 Å². The van der Waals surface area contributed by atoms with Gasteiger partial charge < -0.3 is 19.2 Å². The zero-order valence-electron chi connectivity index (χ0n) is 14.9. The zero-order valence-corrected chi connectivity index (χ0v) is 14.9. The maximum atomic E-state index is 13.2. The molecule has 0 spiro atoms. The third kappa shape index (κ3) is 2.80. The molecule has 1 aliphatic heterocycles. The van der Waals surface area contributed by atoms with Gasteiger partial charge in [-0.15, -0.1) is 0 Å². The number of hydrogen-bond donors (Lipinski definition) is 1. The number of Topliss-reactive ketones (excluding diaryl/α,β-unsaturated/α-hetero) is 1. The molecule has 0 radical (unpaired) electrons. The molecule has 0 unspecified atom stereocenters. The maximum absolute atomic E-state index is 13.2. The second kappa shape index (κ2) is 6.99. The normalized spacial score (nSPS) is 15.6. The van der Waals surface area contributed by atoms with Crippen LogP contribution in [0, 0.1) is 0 Å². The van der Waals surface area contributed by atoms with E-state index in [0.717, 1.165) is 0 Å². The van der Waals surface area contributed by atoms with E-state index in [2.05, 4.69) is 20.8 Å². The first kappa shape index (κ1) is 17.5. The van der Waals surface area contributed by atoms with Crippen LogP contribution < -0.4 is 10.1 Å². The lowest BCUT2D eigenvalue weighted by atomic mass is 9.91. The Kier molecular flexibility index (Phi) is 4.36. The number of fused-ring (bicyclic) bond motifs is 1. The SMILES string of the molecule is COC(=O)C1=C(C(=O)c2ccco2)[C@@H](c2ccc(OC)cc2)n2nnnc2N1. The summed E-state index contributed by atoms with van der Waals surface area (Å²) < 4.78 is 16.7. The Bertz CT molecular complexity index is 1050. The van der Waals surface area contributed by atoms with Gasteiger partial charge in [-0.05, 0) is 40.3 Å². The highest BCUT2D eigenvalue weighted by molar-refractivity contribution is 6.13. The maximum Gasteiger partial charge on any atom is 0.355 e. The predicted molar refractivity (Wildman–Crippen MR) is 94.7 cm³/mol. The molecule has 0 aliphatic carbocycles. The molecule has 142 valence electrons. The number of ketones is 1. The number of nitrogens with one attached hydrogen (secondary N) is 1. The average Bonchev–Trinajstić information content (AvgIpc) is 3.43. The van der Waals surface area contributed by atoms with E-state index >= 15 is 0 Å². The molecule has 1 N–H and O–H groups in total. The monoisotopic (exact) mass is 381 g/mol. The van der Waals surface area contributed by atoms with Gasteiger partial charge in [0.2, 0.25) is 11.7 Å². The minimum absolute atomic E-state index is 0.0491. The number of furan rings is 1. The van der Waals surface area contributed by atoms with Crippen LogP contribution in [0.2, 0.25) is 0 Å². The minimum Gasteiger partial charge on any atom is -0.497 e. The number of rotatable bonds is 5. The number of ether oxygens (including phenoxy) is 2. The summed E-state index contributed by atoms with van der Waals surface area (Å²) in [5.41, 5.74) is 0.728. The minimum atomic E-state index is -0.774. The molecule has 0 bridgehead atoms. The number of hydrogen-bond acceptors (Lipinski definition) is 9.